The maximum Gasteiger partial charge on any atom is 0.248 e. The molecule has 3 nitrogen and oxygen atoms in total. The molecule has 1 amide bonds. The molecule has 0 aliphatic heterocycles. The van der Waals surface area contributed by atoms with Crippen molar-refractivity contribution in [3.8, 4) is 0 Å². The first kappa shape index (κ1) is 15.5. The minimum Gasteiger partial charge on any atom is -0.366 e. The van der Waals surface area contributed by atoms with Crippen molar-refractivity contribution in [1.29, 1.82) is 0 Å². The SMILES string of the molecule is CC(c1ccc(Cl)cc1)N(C)Cc1ccc(C(N)=O)cc1. The van der Waals surface area contributed by atoms with Gasteiger partial charge in [0, 0.05) is 23.2 Å². The van der Waals surface area contributed by atoms with E-state index in [9.17, 15) is 4.79 Å². The quantitative estimate of drug-likeness (QED) is 0.916. The third-order valence-corrected chi connectivity index (χ3v) is 3.94. The van der Waals surface area contributed by atoms with E-state index in [0.717, 1.165) is 17.1 Å². The number of hydrogen-bond donors (Lipinski definition) is 1. The van der Waals surface area contributed by atoms with Crippen LogP contribution < -0.4 is 5.73 Å². The molecule has 0 fully saturated rings. The van der Waals surface area contributed by atoms with Crippen molar-refractivity contribution in [3.05, 3.63) is 70.2 Å². The summed E-state index contributed by atoms with van der Waals surface area (Å²) < 4.78 is 0. The van der Waals surface area contributed by atoms with E-state index in [0.29, 0.717) is 5.56 Å². The molecular formula is C17H19ClN2O. The first-order valence-corrected chi connectivity index (χ1v) is 7.19. The second-order valence-corrected chi connectivity index (χ2v) is 5.64. The lowest BCUT2D eigenvalue weighted by atomic mass is 10.1. The molecule has 0 radical (unpaired) electrons. The number of nitrogens with two attached hydrogens (primary N) is 1. The maximum atomic E-state index is 11.1. The molecule has 0 aliphatic rings. The van der Waals surface area contributed by atoms with Crippen LogP contribution in [-0.2, 0) is 6.54 Å². The van der Waals surface area contributed by atoms with Crippen LogP contribution in [0.25, 0.3) is 0 Å². The summed E-state index contributed by atoms with van der Waals surface area (Å²) in [5.74, 6) is -0.399. The van der Waals surface area contributed by atoms with Gasteiger partial charge in [0.05, 0.1) is 0 Å². The van der Waals surface area contributed by atoms with Crippen molar-refractivity contribution in [2.75, 3.05) is 7.05 Å². The summed E-state index contributed by atoms with van der Waals surface area (Å²) in [5, 5.41) is 0.746. The van der Waals surface area contributed by atoms with Gasteiger partial charge in [0.2, 0.25) is 5.91 Å². The Morgan fingerprint density at radius 1 is 1.14 bits per heavy atom. The number of amides is 1. The van der Waals surface area contributed by atoms with Crippen molar-refractivity contribution in [2.45, 2.75) is 19.5 Å². The number of carbonyl (C=O) groups excluding carboxylic acids is 1. The van der Waals surface area contributed by atoms with Gasteiger partial charge >= 0.3 is 0 Å². The Balaban J connectivity index is 2.04. The third kappa shape index (κ3) is 4.06. The van der Waals surface area contributed by atoms with Gasteiger partial charge in [0.25, 0.3) is 0 Å². The monoisotopic (exact) mass is 302 g/mol. The fourth-order valence-electron chi connectivity index (χ4n) is 2.20. The van der Waals surface area contributed by atoms with E-state index in [1.54, 1.807) is 12.1 Å². The van der Waals surface area contributed by atoms with Gasteiger partial charge in [-0.1, -0.05) is 35.9 Å². The summed E-state index contributed by atoms with van der Waals surface area (Å²) >= 11 is 5.91. The third-order valence-electron chi connectivity index (χ3n) is 3.68. The summed E-state index contributed by atoms with van der Waals surface area (Å²) in [6, 6.07) is 15.6. The van der Waals surface area contributed by atoms with Crippen LogP contribution in [0, 0.1) is 0 Å². The van der Waals surface area contributed by atoms with Gasteiger partial charge in [-0.3, -0.25) is 9.69 Å². The normalized spacial score (nSPS) is 12.4. The molecule has 4 heteroatoms. The second-order valence-electron chi connectivity index (χ2n) is 5.20. The Bertz CT molecular complexity index is 608. The molecule has 0 saturated heterocycles. The average Bonchev–Trinajstić information content (AvgIpc) is 2.47. The Labute approximate surface area is 130 Å². The second kappa shape index (κ2) is 6.74. The molecule has 2 N–H and O–H groups in total. The smallest absolute Gasteiger partial charge is 0.248 e. The van der Waals surface area contributed by atoms with Gasteiger partial charge in [-0.05, 0) is 49.4 Å². The van der Waals surface area contributed by atoms with Gasteiger partial charge in [-0.2, -0.15) is 0 Å². The van der Waals surface area contributed by atoms with Crippen LogP contribution in [0.5, 0.6) is 0 Å². The highest BCUT2D eigenvalue weighted by atomic mass is 35.5. The number of primary amides is 1. The summed E-state index contributed by atoms with van der Waals surface area (Å²) in [5.41, 5.74) is 8.14. The van der Waals surface area contributed by atoms with Crippen LogP contribution >= 0.6 is 11.6 Å². The first-order chi connectivity index (χ1) is 9.97. The van der Waals surface area contributed by atoms with E-state index in [4.69, 9.17) is 17.3 Å². The Morgan fingerprint density at radius 2 is 1.71 bits per heavy atom. The lowest BCUT2D eigenvalue weighted by Gasteiger charge is -2.25. The highest BCUT2D eigenvalue weighted by Gasteiger charge is 2.12. The molecule has 2 aromatic carbocycles. The van der Waals surface area contributed by atoms with E-state index in [1.807, 2.05) is 36.4 Å². The minimum absolute atomic E-state index is 0.276. The Kier molecular flexibility index (Phi) is 4.99. The predicted molar refractivity (Wildman–Crippen MR) is 86.3 cm³/mol. The molecule has 1 unspecified atom stereocenters. The van der Waals surface area contributed by atoms with E-state index in [2.05, 4.69) is 18.9 Å². The standard InChI is InChI=1S/C17H19ClN2O/c1-12(14-7-9-16(18)10-8-14)20(2)11-13-3-5-15(6-4-13)17(19)21/h3-10,12H,11H2,1-2H3,(H2,19,21). The predicted octanol–water partition coefficient (Wildman–Crippen LogP) is 3.63. The van der Waals surface area contributed by atoms with Crippen LogP contribution in [0.4, 0.5) is 0 Å². The molecule has 0 saturated carbocycles. The minimum atomic E-state index is -0.399. The fraction of sp³-hybridized carbons (Fsp3) is 0.235. The molecule has 0 heterocycles. The molecule has 110 valence electrons. The Morgan fingerprint density at radius 3 is 2.24 bits per heavy atom. The maximum absolute atomic E-state index is 11.1. The highest BCUT2D eigenvalue weighted by molar-refractivity contribution is 6.30. The van der Waals surface area contributed by atoms with Crippen LogP contribution in [0.2, 0.25) is 5.02 Å². The van der Waals surface area contributed by atoms with Crippen LogP contribution in [0.15, 0.2) is 48.5 Å². The molecule has 0 aromatic heterocycles. The van der Waals surface area contributed by atoms with Gasteiger partial charge in [0.1, 0.15) is 0 Å². The molecule has 2 rings (SSSR count). The molecule has 0 aliphatic carbocycles. The molecular weight excluding hydrogens is 284 g/mol. The summed E-state index contributed by atoms with van der Waals surface area (Å²) in [6.07, 6.45) is 0. The van der Waals surface area contributed by atoms with Gasteiger partial charge in [-0.25, -0.2) is 0 Å². The molecule has 0 spiro atoms. The zero-order valence-corrected chi connectivity index (χ0v) is 13.0. The Hall–Kier alpha value is -1.84. The number of rotatable bonds is 5. The lowest BCUT2D eigenvalue weighted by Crippen LogP contribution is -2.22. The number of halogens is 1. The molecule has 1 atom stereocenters. The summed E-state index contributed by atoms with van der Waals surface area (Å²) in [4.78, 5) is 13.3. The van der Waals surface area contributed by atoms with Gasteiger partial charge in [0.15, 0.2) is 0 Å². The zero-order valence-electron chi connectivity index (χ0n) is 12.2. The fourth-order valence-corrected chi connectivity index (χ4v) is 2.32. The van der Waals surface area contributed by atoms with Crippen LogP contribution in [-0.4, -0.2) is 17.9 Å². The van der Waals surface area contributed by atoms with E-state index >= 15 is 0 Å². The topological polar surface area (TPSA) is 46.3 Å². The first-order valence-electron chi connectivity index (χ1n) is 6.82. The molecule has 2 aromatic rings. The van der Waals surface area contributed by atoms with Crippen molar-refractivity contribution < 1.29 is 4.79 Å². The number of nitrogens with zero attached hydrogens (tertiary/aromatic N) is 1. The molecule has 0 bridgehead atoms. The largest absolute Gasteiger partial charge is 0.366 e. The van der Waals surface area contributed by atoms with E-state index in [-0.39, 0.29) is 6.04 Å². The lowest BCUT2D eigenvalue weighted by molar-refractivity contribution is 0.100. The van der Waals surface area contributed by atoms with Crippen molar-refractivity contribution in [1.82, 2.24) is 4.90 Å². The molecule has 21 heavy (non-hydrogen) atoms. The number of hydrogen-bond acceptors (Lipinski definition) is 2. The average molecular weight is 303 g/mol. The van der Waals surface area contributed by atoms with Crippen molar-refractivity contribution in [2.24, 2.45) is 5.73 Å². The number of benzene rings is 2. The van der Waals surface area contributed by atoms with Crippen molar-refractivity contribution >= 4 is 17.5 Å². The van der Waals surface area contributed by atoms with Crippen molar-refractivity contribution in [3.63, 3.8) is 0 Å². The van der Waals surface area contributed by atoms with E-state index in [1.165, 1.54) is 5.56 Å². The summed E-state index contributed by atoms with van der Waals surface area (Å²) in [6.45, 7) is 2.95. The number of carbonyl (C=O) groups is 1. The van der Waals surface area contributed by atoms with Gasteiger partial charge < -0.3 is 5.73 Å². The van der Waals surface area contributed by atoms with E-state index < -0.39 is 5.91 Å². The van der Waals surface area contributed by atoms with Gasteiger partial charge in [-0.15, -0.1) is 0 Å². The zero-order chi connectivity index (χ0) is 15.4. The van der Waals surface area contributed by atoms with Crippen LogP contribution in [0.3, 0.4) is 0 Å². The van der Waals surface area contributed by atoms with Crippen LogP contribution in [0.1, 0.15) is 34.5 Å². The highest BCUT2D eigenvalue weighted by Crippen LogP contribution is 2.22. The summed E-state index contributed by atoms with van der Waals surface area (Å²) in [7, 11) is 2.07.